The number of hydrogen-bond donors (Lipinski definition) is 0. The van der Waals surface area contributed by atoms with Crippen LogP contribution in [-0.2, 0) is 23.6 Å². The van der Waals surface area contributed by atoms with Crippen LogP contribution >= 0.6 is 0 Å². The Kier molecular flexibility index (Phi) is 3.32. The molecule has 1 aromatic rings. The van der Waals surface area contributed by atoms with Gasteiger partial charge < -0.3 is 14.0 Å². The summed E-state index contributed by atoms with van der Waals surface area (Å²) in [5, 5.41) is 0. The largest absolute Gasteiger partial charge is 0.632 e. The SMILES string of the molecule is C=C1CC(=O)OB(C2O[C@H]2c2ccccc2)OC(=O)C1. The van der Waals surface area contributed by atoms with Crippen molar-refractivity contribution in [2.24, 2.45) is 0 Å². The van der Waals surface area contributed by atoms with Crippen LogP contribution in [0.3, 0.4) is 0 Å². The molecule has 2 fully saturated rings. The minimum atomic E-state index is -0.978. The Labute approximate surface area is 116 Å². The third-order valence-corrected chi connectivity index (χ3v) is 3.21. The van der Waals surface area contributed by atoms with E-state index in [-0.39, 0.29) is 18.9 Å². The highest BCUT2D eigenvalue weighted by atomic mass is 16.7. The van der Waals surface area contributed by atoms with Gasteiger partial charge in [-0.25, -0.2) is 0 Å². The average Bonchev–Trinajstić information content (AvgIpc) is 3.17. The van der Waals surface area contributed by atoms with Gasteiger partial charge in [0.1, 0.15) is 6.10 Å². The van der Waals surface area contributed by atoms with Crippen molar-refractivity contribution in [1.82, 2.24) is 0 Å². The van der Waals surface area contributed by atoms with Gasteiger partial charge in [0, 0.05) is 0 Å². The van der Waals surface area contributed by atoms with Crippen LogP contribution in [0.4, 0.5) is 0 Å². The van der Waals surface area contributed by atoms with Crippen molar-refractivity contribution in [2.45, 2.75) is 24.9 Å². The molecule has 2 aliphatic rings. The van der Waals surface area contributed by atoms with E-state index in [1.807, 2.05) is 30.3 Å². The number of rotatable bonds is 2. The third-order valence-electron chi connectivity index (χ3n) is 3.21. The molecule has 2 aliphatic heterocycles. The molecule has 0 saturated carbocycles. The van der Waals surface area contributed by atoms with Gasteiger partial charge in [-0.2, -0.15) is 0 Å². The third kappa shape index (κ3) is 2.75. The number of carbonyl (C=O) groups is 2. The van der Waals surface area contributed by atoms with Crippen LogP contribution in [0.25, 0.3) is 0 Å². The topological polar surface area (TPSA) is 65.1 Å². The maximum absolute atomic E-state index is 11.6. The van der Waals surface area contributed by atoms with E-state index in [4.69, 9.17) is 14.0 Å². The molecule has 0 aliphatic carbocycles. The maximum atomic E-state index is 11.6. The number of hydrogen-bond acceptors (Lipinski definition) is 5. The second kappa shape index (κ2) is 5.13. The Bertz CT molecular complexity index is 534. The summed E-state index contributed by atoms with van der Waals surface area (Å²) in [6, 6.07) is 9.10. The van der Waals surface area contributed by atoms with Gasteiger partial charge in [-0.05, 0) is 5.56 Å². The van der Waals surface area contributed by atoms with Gasteiger partial charge in [-0.15, -0.1) is 0 Å². The predicted molar refractivity (Wildman–Crippen MR) is 70.4 cm³/mol. The fourth-order valence-electron chi connectivity index (χ4n) is 2.21. The summed E-state index contributed by atoms with van der Waals surface area (Å²) in [5.74, 6) is -0.898. The number of ether oxygens (including phenoxy) is 1. The molecule has 20 heavy (non-hydrogen) atoms. The predicted octanol–water partition coefficient (Wildman–Crippen LogP) is 1.59. The van der Waals surface area contributed by atoms with Crippen molar-refractivity contribution in [3.63, 3.8) is 0 Å². The summed E-state index contributed by atoms with van der Waals surface area (Å²) in [7, 11) is -0.978. The smallest absolute Gasteiger partial charge is 0.497 e. The van der Waals surface area contributed by atoms with Crippen LogP contribution in [0.15, 0.2) is 42.5 Å². The molecule has 2 saturated heterocycles. The minimum Gasteiger partial charge on any atom is -0.497 e. The van der Waals surface area contributed by atoms with E-state index in [9.17, 15) is 9.59 Å². The van der Waals surface area contributed by atoms with E-state index in [1.54, 1.807) is 0 Å². The van der Waals surface area contributed by atoms with E-state index in [2.05, 4.69) is 6.58 Å². The molecule has 6 heteroatoms. The lowest BCUT2D eigenvalue weighted by Crippen LogP contribution is -2.37. The molecule has 0 amide bonds. The molecule has 5 nitrogen and oxygen atoms in total. The highest BCUT2D eigenvalue weighted by Gasteiger charge is 2.56. The molecular weight excluding hydrogens is 259 g/mol. The first-order chi connectivity index (χ1) is 9.63. The van der Waals surface area contributed by atoms with E-state index in [1.165, 1.54) is 0 Å². The Morgan fingerprint density at radius 1 is 1.05 bits per heavy atom. The van der Waals surface area contributed by atoms with Gasteiger partial charge in [-0.3, -0.25) is 9.59 Å². The van der Waals surface area contributed by atoms with Crippen LogP contribution in [0.5, 0.6) is 0 Å². The second-order valence-corrected chi connectivity index (χ2v) is 4.88. The van der Waals surface area contributed by atoms with Gasteiger partial charge in [0.05, 0.1) is 12.8 Å². The van der Waals surface area contributed by atoms with Crippen molar-refractivity contribution in [1.29, 1.82) is 0 Å². The molecule has 0 N–H and O–H groups in total. The highest BCUT2D eigenvalue weighted by Crippen LogP contribution is 2.41. The van der Waals surface area contributed by atoms with E-state index < -0.39 is 25.1 Å². The molecule has 3 rings (SSSR count). The van der Waals surface area contributed by atoms with Gasteiger partial charge in [0.2, 0.25) is 0 Å². The minimum absolute atomic E-state index is 0.0360. The molecular formula is C14H13BO5. The van der Waals surface area contributed by atoms with Gasteiger partial charge in [0.15, 0.2) is 6.00 Å². The lowest BCUT2D eigenvalue weighted by Gasteiger charge is -2.17. The molecule has 102 valence electrons. The first-order valence-electron chi connectivity index (χ1n) is 6.39. The summed E-state index contributed by atoms with van der Waals surface area (Å²) in [4.78, 5) is 23.2. The zero-order valence-corrected chi connectivity index (χ0v) is 10.8. The maximum Gasteiger partial charge on any atom is 0.632 e. The van der Waals surface area contributed by atoms with Crippen LogP contribution in [-0.4, -0.2) is 25.1 Å². The van der Waals surface area contributed by atoms with E-state index >= 15 is 0 Å². The fraction of sp³-hybridized carbons (Fsp3) is 0.286. The molecule has 1 unspecified atom stereocenters. The zero-order chi connectivity index (χ0) is 14.1. The first kappa shape index (κ1) is 12.9. The number of benzene rings is 1. The molecule has 0 bridgehead atoms. The number of carbonyl (C=O) groups excluding carboxylic acids is 2. The quantitative estimate of drug-likeness (QED) is 0.464. The number of epoxide rings is 1. The van der Waals surface area contributed by atoms with Crippen molar-refractivity contribution in [3.05, 3.63) is 48.0 Å². The van der Waals surface area contributed by atoms with Crippen molar-refractivity contribution < 1.29 is 23.6 Å². The molecule has 0 aromatic heterocycles. The van der Waals surface area contributed by atoms with E-state index in [0.717, 1.165) is 5.56 Å². The monoisotopic (exact) mass is 272 g/mol. The summed E-state index contributed by atoms with van der Waals surface area (Å²) in [5.41, 5.74) is 1.46. The van der Waals surface area contributed by atoms with Crippen LogP contribution in [0, 0.1) is 0 Å². The van der Waals surface area contributed by atoms with Crippen molar-refractivity contribution in [2.75, 3.05) is 0 Å². The molecule has 1 aromatic carbocycles. The Balaban J connectivity index is 1.69. The fourth-order valence-corrected chi connectivity index (χ4v) is 2.21. The van der Waals surface area contributed by atoms with Crippen LogP contribution in [0.2, 0.25) is 0 Å². The Morgan fingerprint density at radius 3 is 2.25 bits per heavy atom. The van der Waals surface area contributed by atoms with Crippen molar-refractivity contribution in [3.8, 4) is 0 Å². The first-order valence-corrected chi connectivity index (χ1v) is 6.39. The standard InChI is InChI=1S/C14H13BO5/c1-9-7-11(16)19-15(20-12(17)8-9)14-13(18-14)10-5-3-2-4-6-10/h2-6,13-14H,1,7-8H2/t13-,14?/m0/s1. The second-order valence-electron chi connectivity index (χ2n) is 4.88. The van der Waals surface area contributed by atoms with Crippen LogP contribution in [0.1, 0.15) is 24.5 Å². The van der Waals surface area contributed by atoms with Crippen LogP contribution < -0.4 is 0 Å². The average molecular weight is 272 g/mol. The molecule has 2 heterocycles. The lowest BCUT2D eigenvalue weighted by atomic mass is 9.80. The summed E-state index contributed by atoms with van der Waals surface area (Å²) in [6.07, 6.45) is -0.132. The highest BCUT2D eigenvalue weighted by molar-refractivity contribution is 6.51. The summed E-state index contributed by atoms with van der Waals surface area (Å²) >= 11 is 0. The normalized spacial score (nSPS) is 26.4. The summed E-state index contributed by atoms with van der Waals surface area (Å²) < 4.78 is 15.8. The lowest BCUT2D eigenvalue weighted by molar-refractivity contribution is -0.141. The van der Waals surface area contributed by atoms with Gasteiger partial charge in [0.25, 0.3) is 11.9 Å². The van der Waals surface area contributed by atoms with Gasteiger partial charge in [-0.1, -0.05) is 42.5 Å². The Hall–Kier alpha value is -2.08. The zero-order valence-electron chi connectivity index (χ0n) is 10.8. The van der Waals surface area contributed by atoms with Gasteiger partial charge >= 0.3 is 7.12 Å². The molecule has 2 atom stereocenters. The Morgan fingerprint density at radius 2 is 1.65 bits per heavy atom. The molecule has 0 radical (unpaired) electrons. The van der Waals surface area contributed by atoms with Crippen molar-refractivity contribution >= 4 is 19.1 Å². The summed E-state index contributed by atoms with van der Waals surface area (Å²) in [6.45, 7) is 3.63. The molecule has 0 spiro atoms. The van der Waals surface area contributed by atoms with E-state index in [0.29, 0.717) is 5.57 Å².